The summed E-state index contributed by atoms with van der Waals surface area (Å²) >= 11 is 0. The zero-order valence-corrected chi connectivity index (χ0v) is 48.1. The van der Waals surface area contributed by atoms with Crippen molar-refractivity contribution in [3.8, 4) is 33.9 Å². The SMILES string of the molecule is CC(C)c1c(C(=O)Nc2ccccc2)c(-c2ccc(OCCOCCOCCOCCOCCOCCOCCNC(=O)COc3cccc4c3C(=O)N(C3CCC(=O)NC3=O)C4=O)cc2)c(-c2ccc(F)cc2)n1CC[C@@H](O)C[C@@H](O)CC(=O)O. The van der Waals surface area contributed by atoms with Gasteiger partial charge in [-0.05, 0) is 97.0 Å². The predicted octanol–water partition coefficient (Wildman–Crippen LogP) is 5.39. The van der Waals surface area contributed by atoms with Gasteiger partial charge in [-0.3, -0.25) is 43.8 Å². The summed E-state index contributed by atoms with van der Waals surface area (Å²) < 4.78 is 61.4. The molecule has 462 valence electrons. The second-order valence-electron chi connectivity index (χ2n) is 20.4. The summed E-state index contributed by atoms with van der Waals surface area (Å²) in [6.45, 7) is 8.06. The van der Waals surface area contributed by atoms with E-state index in [1.807, 2.05) is 48.7 Å². The Morgan fingerprint density at radius 2 is 1.27 bits per heavy atom. The lowest BCUT2D eigenvalue weighted by Crippen LogP contribution is -2.54. The van der Waals surface area contributed by atoms with Crippen molar-refractivity contribution in [2.75, 3.05) is 104 Å². The van der Waals surface area contributed by atoms with E-state index in [1.165, 1.54) is 30.3 Å². The van der Waals surface area contributed by atoms with Gasteiger partial charge >= 0.3 is 5.97 Å². The van der Waals surface area contributed by atoms with Crippen molar-refractivity contribution in [3.05, 3.63) is 125 Å². The normalized spacial score (nSPS) is 14.7. The number of aliphatic hydroxyl groups excluding tert-OH is 2. The minimum Gasteiger partial charge on any atom is -0.491 e. The van der Waals surface area contributed by atoms with E-state index >= 15 is 0 Å². The molecule has 4 aromatic carbocycles. The number of amides is 6. The van der Waals surface area contributed by atoms with Crippen LogP contribution in [0.3, 0.4) is 0 Å². The number of aromatic nitrogens is 1. The number of imide groups is 2. The molecule has 0 bridgehead atoms. The molecule has 6 N–H and O–H groups in total. The molecule has 1 unspecified atom stereocenters. The first-order valence-electron chi connectivity index (χ1n) is 28.5. The number of aliphatic carboxylic acids is 1. The van der Waals surface area contributed by atoms with E-state index in [2.05, 4.69) is 16.0 Å². The number of piperidine rings is 1. The Bertz CT molecular complexity index is 3070. The second kappa shape index (κ2) is 33.7. The third kappa shape index (κ3) is 19.0. The van der Waals surface area contributed by atoms with Crippen LogP contribution in [-0.2, 0) is 54.1 Å². The summed E-state index contributed by atoms with van der Waals surface area (Å²) in [6.07, 6.45) is -2.83. The van der Waals surface area contributed by atoms with Gasteiger partial charge in [0, 0.05) is 36.5 Å². The molecule has 24 heteroatoms. The Hall–Kier alpha value is -7.94. The van der Waals surface area contributed by atoms with Crippen LogP contribution in [0.2, 0.25) is 0 Å². The van der Waals surface area contributed by atoms with E-state index in [0.29, 0.717) is 111 Å². The highest BCUT2D eigenvalue weighted by atomic mass is 19.1. The van der Waals surface area contributed by atoms with E-state index in [9.17, 15) is 48.2 Å². The number of carbonyl (C=O) groups excluding carboxylic acids is 6. The summed E-state index contributed by atoms with van der Waals surface area (Å²) in [7, 11) is 0. The van der Waals surface area contributed by atoms with Gasteiger partial charge in [-0.25, -0.2) is 4.39 Å². The number of rotatable bonds is 38. The fourth-order valence-electron chi connectivity index (χ4n) is 9.80. The van der Waals surface area contributed by atoms with Gasteiger partial charge in [0.2, 0.25) is 11.8 Å². The van der Waals surface area contributed by atoms with Gasteiger partial charge in [-0.2, -0.15) is 0 Å². The first-order valence-corrected chi connectivity index (χ1v) is 28.5. The van der Waals surface area contributed by atoms with Crippen molar-refractivity contribution >= 4 is 47.1 Å². The Balaban J connectivity index is 0.739. The van der Waals surface area contributed by atoms with E-state index in [4.69, 9.17) is 43.0 Å². The number of nitrogens with zero attached hydrogens (tertiary/aromatic N) is 2. The number of anilines is 1. The summed E-state index contributed by atoms with van der Waals surface area (Å²) in [6, 6.07) is 25.5. The van der Waals surface area contributed by atoms with Gasteiger partial charge in [0.05, 0.1) is 120 Å². The number of para-hydroxylation sites is 1. The smallest absolute Gasteiger partial charge is 0.305 e. The minimum atomic E-state index is -1.25. The van der Waals surface area contributed by atoms with Crippen LogP contribution in [0, 0.1) is 5.82 Å². The number of benzene rings is 4. The molecular formula is C62H74FN5O18. The van der Waals surface area contributed by atoms with Gasteiger partial charge in [-0.1, -0.05) is 50.2 Å². The summed E-state index contributed by atoms with van der Waals surface area (Å²) in [5.74, 6) is -4.72. The second-order valence-corrected chi connectivity index (χ2v) is 20.4. The number of carboxylic acids is 1. The molecule has 5 aromatic rings. The summed E-state index contributed by atoms with van der Waals surface area (Å²) in [4.78, 5) is 89.2. The minimum absolute atomic E-state index is 0.00715. The van der Waals surface area contributed by atoms with Crippen LogP contribution >= 0.6 is 0 Å². The molecule has 7 rings (SSSR count). The molecule has 0 spiro atoms. The average Bonchev–Trinajstić information content (AvgIpc) is 1.70. The van der Waals surface area contributed by atoms with Crippen LogP contribution in [0.25, 0.3) is 22.4 Å². The quantitative estimate of drug-likeness (QED) is 0.0213. The molecule has 1 fully saturated rings. The van der Waals surface area contributed by atoms with Crippen molar-refractivity contribution < 1.29 is 91.2 Å². The van der Waals surface area contributed by atoms with Gasteiger partial charge in [0.25, 0.3) is 23.6 Å². The number of halogens is 1. The highest BCUT2D eigenvalue weighted by Gasteiger charge is 2.46. The Labute approximate surface area is 496 Å². The molecular weight excluding hydrogens is 1120 g/mol. The van der Waals surface area contributed by atoms with E-state index < -0.39 is 72.6 Å². The number of carboxylic acid groups (broad SMARTS) is 1. The topological polar surface area (TPSA) is 298 Å². The van der Waals surface area contributed by atoms with Crippen LogP contribution in [0.1, 0.15) is 88.6 Å². The molecule has 2 aliphatic heterocycles. The highest BCUT2D eigenvalue weighted by Crippen LogP contribution is 2.43. The Kier molecular flexibility index (Phi) is 25.7. The third-order valence-electron chi connectivity index (χ3n) is 13.7. The maximum absolute atomic E-state index is 14.5. The number of nitrogens with one attached hydrogen (secondary N) is 3. The number of hydrogen-bond acceptors (Lipinski definition) is 17. The molecule has 3 heterocycles. The summed E-state index contributed by atoms with van der Waals surface area (Å²) in [5.41, 5.74) is 4.14. The van der Waals surface area contributed by atoms with Crippen LogP contribution < -0.4 is 25.4 Å². The van der Waals surface area contributed by atoms with Gasteiger partial charge < -0.3 is 68.4 Å². The van der Waals surface area contributed by atoms with Gasteiger partial charge in [0.1, 0.15) is 30.0 Å². The van der Waals surface area contributed by atoms with Crippen LogP contribution in [0.5, 0.6) is 11.5 Å². The lowest BCUT2D eigenvalue weighted by molar-refractivity contribution is -0.140. The number of fused-ring (bicyclic) bond motifs is 1. The standard InChI is InChI=1S/C62H74FN5O18/c1-40(2)57-56(60(76)65-44-7-4-3-5-8-44)54(58(42-11-15-43(63)16-12-42)67(57)23-21-45(69)37-46(70)38-53(73)74)41-13-17-47(18-14-41)85-36-35-84-34-33-83-32-31-82-30-29-81-28-27-80-26-25-79-24-22-64-52(72)39-86-50-10-6-9-48-55(50)62(78)68(61(48)77)49-19-20-51(71)66-59(49)75/h3-18,40,45-46,49,69-70H,19-39H2,1-2H3,(H,64,72)(H,65,76)(H,73,74)(H,66,71,75)/t45-,46-,49?/m1/s1. The van der Waals surface area contributed by atoms with Crippen molar-refractivity contribution in [2.45, 2.75) is 76.7 Å². The zero-order valence-electron chi connectivity index (χ0n) is 48.1. The Morgan fingerprint density at radius 1 is 0.674 bits per heavy atom. The van der Waals surface area contributed by atoms with E-state index in [1.54, 1.807) is 36.4 Å². The number of aliphatic hydroxyl groups is 2. The van der Waals surface area contributed by atoms with Crippen LogP contribution in [-0.4, -0.2) is 183 Å². The molecule has 0 aliphatic carbocycles. The summed E-state index contributed by atoms with van der Waals surface area (Å²) in [5, 5.41) is 38.3. The van der Waals surface area contributed by atoms with Crippen molar-refractivity contribution in [1.29, 1.82) is 0 Å². The van der Waals surface area contributed by atoms with Gasteiger partial charge in [-0.15, -0.1) is 0 Å². The van der Waals surface area contributed by atoms with Crippen LogP contribution in [0.15, 0.2) is 97.1 Å². The lowest BCUT2D eigenvalue weighted by Gasteiger charge is -2.27. The maximum atomic E-state index is 14.5. The maximum Gasteiger partial charge on any atom is 0.305 e. The highest BCUT2D eigenvalue weighted by molar-refractivity contribution is 6.24. The average molecular weight is 1200 g/mol. The predicted molar refractivity (Wildman–Crippen MR) is 309 cm³/mol. The largest absolute Gasteiger partial charge is 0.491 e. The van der Waals surface area contributed by atoms with Crippen LogP contribution in [0.4, 0.5) is 10.1 Å². The molecule has 3 atom stereocenters. The van der Waals surface area contributed by atoms with E-state index in [-0.39, 0.29) is 87.3 Å². The first kappa shape index (κ1) is 65.6. The molecule has 23 nitrogen and oxygen atoms in total. The number of ether oxygens (including phenoxy) is 8. The van der Waals surface area contributed by atoms with Crippen molar-refractivity contribution in [3.63, 3.8) is 0 Å². The number of hydrogen-bond donors (Lipinski definition) is 6. The van der Waals surface area contributed by atoms with E-state index in [0.717, 1.165) is 4.90 Å². The van der Waals surface area contributed by atoms with Crippen molar-refractivity contribution in [1.82, 2.24) is 20.1 Å². The number of carbonyl (C=O) groups is 7. The Morgan fingerprint density at radius 3 is 1.86 bits per heavy atom. The molecule has 86 heavy (non-hydrogen) atoms. The molecule has 0 saturated carbocycles. The molecule has 0 radical (unpaired) electrons. The zero-order chi connectivity index (χ0) is 61.4. The first-order chi connectivity index (χ1) is 41.6. The fraction of sp³-hybridized carbons (Fsp3) is 0.435. The molecule has 1 aromatic heterocycles. The van der Waals surface area contributed by atoms with Crippen molar-refractivity contribution in [2.24, 2.45) is 0 Å². The fourth-order valence-corrected chi connectivity index (χ4v) is 9.80. The monoisotopic (exact) mass is 1200 g/mol. The lowest BCUT2D eigenvalue weighted by atomic mass is 9.94. The molecule has 1 saturated heterocycles. The van der Waals surface area contributed by atoms with Gasteiger partial charge in [0.15, 0.2) is 6.61 Å². The molecule has 2 aliphatic rings. The third-order valence-corrected chi connectivity index (χ3v) is 13.7. The molecule has 6 amide bonds.